The van der Waals surface area contributed by atoms with E-state index in [4.69, 9.17) is 9.47 Å². The Hall–Kier alpha value is -3.13. The van der Waals surface area contributed by atoms with Crippen LogP contribution in [-0.2, 0) is 37.1 Å². The molecular weight excluding hydrogens is 672 g/mol. The zero-order chi connectivity index (χ0) is 33.3. The van der Waals surface area contributed by atoms with Gasteiger partial charge in [-0.2, -0.15) is 0 Å². The molecule has 0 radical (unpaired) electrons. The molecule has 0 bridgehead atoms. The zero-order valence-corrected chi connectivity index (χ0v) is 30.6. The third-order valence-corrected chi connectivity index (χ3v) is 9.56. The lowest BCUT2D eigenvalue weighted by Crippen LogP contribution is -2.22. The Bertz CT molecular complexity index is 1290. The number of hydrogen-bond donors (Lipinski definition) is 1. The van der Waals surface area contributed by atoms with Crippen LogP contribution in [0.3, 0.4) is 0 Å². The van der Waals surface area contributed by atoms with Gasteiger partial charge in [-0.25, -0.2) is 29.3 Å². The summed E-state index contributed by atoms with van der Waals surface area (Å²) in [6.07, 6.45) is 7.64. The number of H-pyrrole nitrogens is 1. The van der Waals surface area contributed by atoms with Gasteiger partial charge >= 0.3 is 17.9 Å². The summed E-state index contributed by atoms with van der Waals surface area (Å²) in [4.78, 5) is 47.2. The van der Waals surface area contributed by atoms with Crippen LogP contribution in [0.2, 0.25) is 51.4 Å². The molecule has 3 rings (SSSR count). The van der Waals surface area contributed by atoms with Crippen LogP contribution in [0.1, 0.15) is 31.5 Å². The van der Waals surface area contributed by atoms with Gasteiger partial charge in [0.15, 0.2) is 16.1 Å². The SMILES string of the molecule is COC(=O)c1cn(COCC[Si](C)(C)C)c(Br)n1.COC(=O)c1cn(COCC[Si](C)(C)C)cn1.COC(=O)c1cnc[nH]1. The van der Waals surface area contributed by atoms with Gasteiger partial charge in [0.1, 0.15) is 19.2 Å². The maximum Gasteiger partial charge on any atom is 0.358 e. The summed E-state index contributed by atoms with van der Waals surface area (Å²) in [5.41, 5.74) is 0.956. The molecule has 246 valence electrons. The van der Waals surface area contributed by atoms with Gasteiger partial charge in [-0.3, -0.25) is 0 Å². The fourth-order valence-corrected chi connectivity index (χ4v) is 4.80. The van der Waals surface area contributed by atoms with Crippen LogP contribution in [0.25, 0.3) is 0 Å². The second-order valence-electron chi connectivity index (χ2n) is 11.8. The number of rotatable bonds is 13. The summed E-state index contributed by atoms with van der Waals surface area (Å²) in [6, 6.07) is 2.24. The van der Waals surface area contributed by atoms with Crippen molar-refractivity contribution in [2.45, 2.75) is 64.8 Å². The monoisotopic (exact) mass is 716 g/mol. The quantitative estimate of drug-likeness (QED) is 0.111. The molecule has 14 nitrogen and oxygen atoms in total. The summed E-state index contributed by atoms with van der Waals surface area (Å²) in [5.74, 6) is -1.27. The van der Waals surface area contributed by atoms with Gasteiger partial charge in [0.25, 0.3) is 0 Å². The van der Waals surface area contributed by atoms with Crippen molar-refractivity contribution in [3.8, 4) is 0 Å². The van der Waals surface area contributed by atoms with Crippen molar-refractivity contribution in [1.29, 1.82) is 0 Å². The van der Waals surface area contributed by atoms with Gasteiger partial charge in [-0.1, -0.05) is 39.3 Å². The molecule has 3 aromatic rings. The average molecular weight is 718 g/mol. The second kappa shape index (κ2) is 19.3. The molecular formula is C27H45BrN6O8Si2. The minimum Gasteiger partial charge on any atom is -0.464 e. The van der Waals surface area contributed by atoms with E-state index in [-0.39, 0.29) is 5.69 Å². The van der Waals surface area contributed by atoms with E-state index in [1.54, 1.807) is 27.9 Å². The first kappa shape index (κ1) is 38.9. The first-order chi connectivity index (χ1) is 20.6. The molecule has 3 heterocycles. The number of halogens is 1. The molecule has 0 aliphatic rings. The first-order valence-corrected chi connectivity index (χ1v) is 21.9. The Morgan fingerprint density at radius 2 is 1.36 bits per heavy atom. The number of nitrogens with one attached hydrogen (secondary N) is 1. The fourth-order valence-electron chi connectivity index (χ4n) is 2.89. The summed E-state index contributed by atoms with van der Waals surface area (Å²) < 4.78 is 28.7. The van der Waals surface area contributed by atoms with E-state index in [1.165, 1.54) is 33.9 Å². The smallest absolute Gasteiger partial charge is 0.358 e. The van der Waals surface area contributed by atoms with Gasteiger partial charge in [-0.15, -0.1) is 0 Å². The largest absolute Gasteiger partial charge is 0.464 e. The molecule has 0 aliphatic heterocycles. The molecule has 0 spiro atoms. The van der Waals surface area contributed by atoms with Crippen molar-refractivity contribution in [1.82, 2.24) is 29.1 Å². The van der Waals surface area contributed by atoms with Crippen molar-refractivity contribution >= 4 is 50.0 Å². The van der Waals surface area contributed by atoms with E-state index in [2.05, 4.69) is 89.4 Å². The Balaban J connectivity index is 0.000000347. The topological polar surface area (TPSA) is 162 Å². The third kappa shape index (κ3) is 16.1. The van der Waals surface area contributed by atoms with Crippen LogP contribution >= 0.6 is 15.9 Å². The first-order valence-electron chi connectivity index (χ1n) is 13.7. The van der Waals surface area contributed by atoms with Gasteiger partial charge in [0.2, 0.25) is 0 Å². The zero-order valence-electron chi connectivity index (χ0n) is 27.0. The fraction of sp³-hybridized carbons (Fsp3) is 0.556. The minimum atomic E-state index is -1.06. The maximum atomic E-state index is 11.3. The number of aromatic nitrogens is 6. The van der Waals surface area contributed by atoms with Crippen LogP contribution in [0.15, 0.2) is 36.0 Å². The Morgan fingerprint density at radius 1 is 0.818 bits per heavy atom. The third-order valence-electron chi connectivity index (χ3n) is 5.52. The van der Waals surface area contributed by atoms with E-state index < -0.39 is 34.1 Å². The van der Waals surface area contributed by atoms with Crippen molar-refractivity contribution < 1.29 is 38.1 Å². The van der Waals surface area contributed by atoms with E-state index in [0.717, 1.165) is 25.3 Å². The lowest BCUT2D eigenvalue weighted by molar-refractivity contribution is 0.0584. The van der Waals surface area contributed by atoms with Crippen LogP contribution in [0.4, 0.5) is 0 Å². The van der Waals surface area contributed by atoms with Crippen LogP contribution < -0.4 is 0 Å². The molecule has 1 N–H and O–H groups in total. The average Bonchev–Trinajstić information content (AvgIpc) is 3.74. The minimum absolute atomic E-state index is 0.276. The highest BCUT2D eigenvalue weighted by Crippen LogP contribution is 2.13. The number of nitrogens with zero attached hydrogens (tertiary/aromatic N) is 5. The number of ether oxygens (including phenoxy) is 5. The molecule has 0 amide bonds. The molecule has 0 fully saturated rings. The van der Waals surface area contributed by atoms with Crippen LogP contribution in [0.5, 0.6) is 0 Å². The van der Waals surface area contributed by atoms with E-state index in [0.29, 0.717) is 29.6 Å². The second-order valence-corrected chi connectivity index (χ2v) is 23.7. The molecule has 0 aromatic carbocycles. The lowest BCUT2D eigenvalue weighted by Gasteiger charge is -2.15. The number of aromatic amines is 1. The summed E-state index contributed by atoms with van der Waals surface area (Å²) in [6.45, 7) is 16.1. The van der Waals surface area contributed by atoms with Crippen molar-refractivity contribution in [3.05, 3.63) is 53.1 Å². The summed E-state index contributed by atoms with van der Waals surface area (Å²) in [7, 11) is 1.89. The Labute approximate surface area is 269 Å². The van der Waals surface area contributed by atoms with Crippen LogP contribution in [-0.4, -0.2) is 97.7 Å². The van der Waals surface area contributed by atoms with Crippen molar-refractivity contribution in [3.63, 3.8) is 0 Å². The highest BCUT2D eigenvalue weighted by molar-refractivity contribution is 9.10. The lowest BCUT2D eigenvalue weighted by atomic mass is 10.5. The molecule has 0 unspecified atom stereocenters. The molecule has 0 aliphatic carbocycles. The van der Waals surface area contributed by atoms with Crippen molar-refractivity contribution in [2.75, 3.05) is 34.5 Å². The highest BCUT2D eigenvalue weighted by Gasteiger charge is 2.15. The molecule has 0 saturated heterocycles. The van der Waals surface area contributed by atoms with E-state index >= 15 is 0 Å². The molecule has 0 saturated carbocycles. The van der Waals surface area contributed by atoms with E-state index in [1.807, 2.05) is 0 Å². The van der Waals surface area contributed by atoms with E-state index in [9.17, 15) is 14.4 Å². The van der Waals surface area contributed by atoms with Gasteiger partial charge in [0, 0.05) is 41.8 Å². The number of methoxy groups -OCH3 is 3. The number of hydrogen-bond acceptors (Lipinski definition) is 11. The van der Waals surface area contributed by atoms with Crippen LogP contribution in [0, 0.1) is 0 Å². The summed E-state index contributed by atoms with van der Waals surface area (Å²) >= 11 is 3.28. The van der Waals surface area contributed by atoms with Crippen molar-refractivity contribution in [2.24, 2.45) is 0 Å². The number of carbonyl (C=O) groups excluding carboxylic acids is 3. The predicted molar refractivity (Wildman–Crippen MR) is 173 cm³/mol. The molecule has 3 aromatic heterocycles. The number of esters is 3. The molecule has 44 heavy (non-hydrogen) atoms. The van der Waals surface area contributed by atoms with Gasteiger partial charge < -0.3 is 37.8 Å². The summed E-state index contributed by atoms with van der Waals surface area (Å²) in [5, 5.41) is 0. The normalized spacial score (nSPS) is 11.0. The number of carbonyl (C=O) groups is 3. The van der Waals surface area contributed by atoms with Gasteiger partial charge in [-0.05, 0) is 28.0 Å². The molecule has 0 atom stereocenters. The standard InChI is InChI=1S/C11H19BrN2O3Si.C11H20N2O3Si.C5H6N2O2/c1-16-10(15)9-7-14(11(12)13-9)8-17-5-6-18(2,3)4;1-15-11(14)10-7-13(8-12-10)9-16-5-6-17(2,3)4;1-9-5(8)4-2-6-3-7-4/h7H,5-6,8H2,1-4H3;7-8H,5-6,9H2,1-4H3;2-3H,1H3,(H,6,7). The molecule has 17 heteroatoms. The highest BCUT2D eigenvalue weighted by atomic mass is 79.9. The predicted octanol–water partition coefficient (Wildman–Crippen LogP) is 4.92. The Kier molecular flexibility index (Phi) is 17.1. The maximum absolute atomic E-state index is 11.3. The number of imidazole rings is 3. The Morgan fingerprint density at radius 3 is 1.86 bits per heavy atom. The van der Waals surface area contributed by atoms with Gasteiger partial charge in [0.05, 0.1) is 40.2 Å².